The standard InChI is InChI=1S/C73H135NO18/c1-3-5-7-9-11-13-15-17-19-21-23-25-26-27-28-29-31-32-34-36-38-40-42-44-46-48-50-57(78)56(74-61(79)51-49-47-45-43-41-39-37-35-33-30-24-22-20-18-16-14-12-10-8-6-4-2)55-87-71-67(85)64(82)69(59(53-76)89-71)92-73-68(86)65(83)70(60(54-77)90-73)91-72-66(84)63(81)62(80)58(52-75)88-72/h22,24,40,42,48,50,56-60,62-73,75-78,80-86H,3-21,23,25-39,41,43-47,49,51-55H2,1-2H3,(H,74,79)/b24-22-,42-40+,50-48+. The van der Waals surface area contributed by atoms with Crippen molar-refractivity contribution in [3.8, 4) is 0 Å². The van der Waals surface area contributed by atoms with E-state index in [0.29, 0.717) is 12.8 Å². The van der Waals surface area contributed by atoms with Crippen molar-refractivity contribution in [2.45, 2.75) is 394 Å². The molecule has 0 spiro atoms. The van der Waals surface area contributed by atoms with Crippen LogP contribution < -0.4 is 5.32 Å². The molecule has 3 heterocycles. The zero-order valence-electron chi connectivity index (χ0n) is 57.3. The predicted octanol–water partition coefficient (Wildman–Crippen LogP) is 10.8. The van der Waals surface area contributed by atoms with Crippen LogP contribution in [-0.4, -0.2) is 193 Å². The maximum atomic E-state index is 13.4. The van der Waals surface area contributed by atoms with Gasteiger partial charge in [0.25, 0.3) is 0 Å². The molecule has 19 nitrogen and oxygen atoms in total. The molecule has 0 aromatic rings. The molecule has 1 amide bonds. The molecular formula is C73H135NO18. The van der Waals surface area contributed by atoms with E-state index in [9.17, 15) is 61.0 Å². The molecule has 0 aliphatic carbocycles. The number of aliphatic hydroxyl groups excluding tert-OH is 11. The van der Waals surface area contributed by atoms with Crippen molar-refractivity contribution >= 4 is 5.91 Å². The molecule has 3 rings (SSSR count). The molecule has 0 radical (unpaired) electrons. The van der Waals surface area contributed by atoms with Crippen molar-refractivity contribution in [2.24, 2.45) is 0 Å². The molecule has 0 bridgehead atoms. The van der Waals surface area contributed by atoms with Gasteiger partial charge in [0.05, 0.1) is 38.6 Å². The van der Waals surface area contributed by atoms with Gasteiger partial charge in [0.15, 0.2) is 18.9 Å². The number of unbranched alkanes of at least 4 members (excludes halogenated alkanes) is 38. The second-order valence-corrected chi connectivity index (χ2v) is 26.7. The van der Waals surface area contributed by atoms with Crippen LogP contribution in [0, 0.1) is 0 Å². The molecule has 12 N–H and O–H groups in total. The van der Waals surface area contributed by atoms with Crippen LogP contribution in [-0.2, 0) is 33.2 Å². The van der Waals surface area contributed by atoms with Gasteiger partial charge in [-0.15, -0.1) is 0 Å². The lowest BCUT2D eigenvalue weighted by atomic mass is 9.96. The van der Waals surface area contributed by atoms with Gasteiger partial charge >= 0.3 is 0 Å². The Bertz CT molecular complexity index is 1810. The predicted molar refractivity (Wildman–Crippen MR) is 360 cm³/mol. The minimum Gasteiger partial charge on any atom is -0.394 e. The van der Waals surface area contributed by atoms with Crippen LogP contribution in [0.5, 0.6) is 0 Å². The topological polar surface area (TPSA) is 307 Å². The largest absolute Gasteiger partial charge is 0.394 e. The quantitative estimate of drug-likeness (QED) is 0.0199. The minimum absolute atomic E-state index is 0.234. The number of carbonyl (C=O) groups excluding carboxylic acids is 1. The summed E-state index contributed by atoms with van der Waals surface area (Å²) in [6.07, 6.45) is 38.4. The fraction of sp³-hybridized carbons (Fsp3) is 0.904. The van der Waals surface area contributed by atoms with Crippen molar-refractivity contribution in [1.29, 1.82) is 0 Å². The third-order valence-corrected chi connectivity index (χ3v) is 18.7. The van der Waals surface area contributed by atoms with E-state index in [1.165, 1.54) is 205 Å². The summed E-state index contributed by atoms with van der Waals surface area (Å²) in [5.41, 5.74) is 0. The van der Waals surface area contributed by atoms with Gasteiger partial charge in [-0.05, 0) is 57.8 Å². The SMILES string of the molecule is CCCCCCCCCC/C=C\CCCCCCCCCCCC(=O)NC(COC1OC(CO)C(OC2OC(CO)C(OC3OC(CO)C(O)C(O)C3O)C(O)C2O)C(O)C1O)C(O)/C=C/CC/C=C/CCCCCCCCCCCCCCCCCCCCCC. The molecule has 0 saturated carbocycles. The first-order valence-electron chi connectivity index (χ1n) is 37.2. The van der Waals surface area contributed by atoms with Crippen LogP contribution in [0.15, 0.2) is 36.5 Å². The van der Waals surface area contributed by atoms with Gasteiger partial charge in [-0.3, -0.25) is 4.79 Å². The summed E-state index contributed by atoms with van der Waals surface area (Å²) < 4.78 is 34.4. The van der Waals surface area contributed by atoms with E-state index in [4.69, 9.17) is 28.4 Å². The number of hydrogen-bond donors (Lipinski definition) is 12. The molecular weight excluding hydrogens is 1180 g/mol. The Hall–Kier alpha value is -1.99. The second-order valence-electron chi connectivity index (χ2n) is 26.7. The van der Waals surface area contributed by atoms with Gasteiger partial charge in [0.1, 0.15) is 73.2 Å². The summed E-state index contributed by atoms with van der Waals surface area (Å²) >= 11 is 0. The fourth-order valence-electron chi connectivity index (χ4n) is 12.6. The number of aliphatic hydroxyl groups is 11. The molecule has 17 unspecified atom stereocenters. The lowest BCUT2D eigenvalue weighted by Gasteiger charge is -2.48. The zero-order valence-corrected chi connectivity index (χ0v) is 57.3. The monoisotopic (exact) mass is 1310 g/mol. The molecule has 0 aromatic heterocycles. The highest BCUT2D eigenvalue weighted by Gasteiger charge is 2.53. The fourth-order valence-corrected chi connectivity index (χ4v) is 12.6. The highest BCUT2D eigenvalue weighted by molar-refractivity contribution is 5.76. The van der Waals surface area contributed by atoms with Gasteiger partial charge in [-0.2, -0.15) is 0 Å². The molecule has 3 saturated heterocycles. The summed E-state index contributed by atoms with van der Waals surface area (Å²) in [6, 6.07) is -0.991. The van der Waals surface area contributed by atoms with Crippen LogP contribution in [0.1, 0.15) is 290 Å². The number of rotatable bonds is 58. The van der Waals surface area contributed by atoms with Gasteiger partial charge < -0.3 is 89.9 Å². The van der Waals surface area contributed by atoms with Crippen LogP contribution >= 0.6 is 0 Å². The smallest absolute Gasteiger partial charge is 0.220 e. The Labute approximate surface area is 555 Å². The Morgan fingerprint density at radius 2 is 0.696 bits per heavy atom. The van der Waals surface area contributed by atoms with E-state index in [-0.39, 0.29) is 18.9 Å². The highest BCUT2D eigenvalue weighted by atomic mass is 16.8. The molecule has 3 aliphatic heterocycles. The summed E-state index contributed by atoms with van der Waals surface area (Å²) in [5.74, 6) is -0.284. The van der Waals surface area contributed by atoms with Crippen LogP contribution in [0.25, 0.3) is 0 Å². The van der Waals surface area contributed by atoms with Crippen molar-refractivity contribution in [2.75, 3.05) is 26.4 Å². The third-order valence-electron chi connectivity index (χ3n) is 18.7. The van der Waals surface area contributed by atoms with Crippen molar-refractivity contribution in [3.63, 3.8) is 0 Å². The van der Waals surface area contributed by atoms with Crippen molar-refractivity contribution in [1.82, 2.24) is 5.32 Å². The van der Waals surface area contributed by atoms with Crippen molar-refractivity contribution < 1.29 is 89.4 Å². The number of allylic oxidation sites excluding steroid dienone is 5. The highest BCUT2D eigenvalue weighted by Crippen LogP contribution is 2.33. The van der Waals surface area contributed by atoms with E-state index in [1.807, 2.05) is 6.08 Å². The Balaban J connectivity index is 1.43. The Morgan fingerprint density at radius 3 is 1.09 bits per heavy atom. The summed E-state index contributed by atoms with van der Waals surface area (Å²) in [5, 5.41) is 121. The van der Waals surface area contributed by atoms with E-state index >= 15 is 0 Å². The second kappa shape index (κ2) is 55.0. The number of ether oxygens (including phenoxy) is 6. The minimum atomic E-state index is -1.98. The summed E-state index contributed by atoms with van der Waals surface area (Å²) in [4.78, 5) is 13.4. The Morgan fingerprint density at radius 1 is 0.380 bits per heavy atom. The lowest BCUT2D eigenvalue weighted by Crippen LogP contribution is -2.66. The molecule has 17 atom stereocenters. The van der Waals surface area contributed by atoms with E-state index < -0.39 is 124 Å². The molecule has 3 fully saturated rings. The van der Waals surface area contributed by atoms with E-state index in [0.717, 1.165) is 51.4 Å². The number of hydrogen-bond acceptors (Lipinski definition) is 18. The average Bonchev–Trinajstić information content (AvgIpc) is 0.838. The maximum Gasteiger partial charge on any atom is 0.220 e. The molecule has 3 aliphatic rings. The van der Waals surface area contributed by atoms with E-state index in [1.54, 1.807) is 6.08 Å². The molecule has 0 aromatic carbocycles. The normalized spacial score (nSPS) is 27.9. The van der Waals surface area contributed by atoms with Gasteiger partial charge in [-0.1, -0.05) is 262 Å². The van der Waals surface area contributed by atoms with E-state index in [2.05, 4.69) is 43.5 Å². The summed E-state index contributed by atoms with van der Waals surface area (Å²) in [7, 11) is 0. The van der Waals surface area contributed by atoms with Gasteiger partial charge in [-0.25, -0.2) is 0 Å². The number of amides is 1. The third kappa shape index (κ3) is 36.0. The number of carbonyl (C=O) groups is 1. The maximum absolute atomic E-state index is 13.4. The first kappa shape index (κ1) is 84.2. The summed E-state index contributed by atoms with van der Waals surface area (Å²) in [6.45, 7) is 1.75. The van der Waals surface area contributed by atoms with Crippen molar-refractivity contribution in [3.05, 3.63) is 36.5 Å². The Kier molecular flexibility index (Phi) is 50.3. The molecule has 540 valence electrons. The average molecular weight is 1310 g/mol. The van der Waals surface area contributed by atoms with Gasteiger partial charge in [0, 0.05) is 6.42 Å². The van der Waals surface area contributed by atoms with Gasteiger partial charge in [0.2, 0.25) is 5.91 Å². The molecule has 19 heteroatoms. The van der Waals surface area contributed by atoms with Crippen LogP contribution in [0.2, 0.25) is 0 Å². The van der Waals surface area contributed by atoms with Crippen LogP contribution in [0.3, 0.4) is 0 Å². The lowest BCUT2D eigenvalue weighted by molar-refractivity contribution is -0.379. The number of nitrogens with one attached hydrogen (secondary N) is 1. The first-order chi connectivity index (χ1) is 44.8. The zero-order chi connectivity index (χ0) is 66.8. The van der Waals surface area contributed by atoms with Crippen LogP contribution in [0.4, 0.5) is 0 Å². The first-order valence-corrected chi connectivity index (χ1v) is 37.2. The molecule has 92 heavy (non-hydrogen) atoms.